The fraction of sp³-hybridized carbons (Fsp3) is 0.800. The van der Waals surface area contributed by atoms with Gasteiger partial charge in [0.25, 0.3) is 0 Å². The molecule has 0 spiro atoms. The van der Waals surface area contributed by atoms with Gasteiger partial charge >= 0.3 is 0 Å². The van der Waals surface area contributed by atoms with Crippen LogP contribution in [0.2, 0.25) is 0 Å². The third-order valence-electron chi connectivity index (χ3n) is 2.92. The van der Waals surface area contributed by atoms with E-state index in [4.69, 9.17) is 0 Å². The number of rotatable bonds is 2. The van der Waals surface area contributed by atoms with Crippen LogP contribution in [-0.2, 0) is 6.54 Å². The van der Waals surface area contributed by atoms with Crippen molar-refractivity contribution in [3.63, 3.8) is 0 Å². The normalized spacial score (nSPS) is 19.2. The Morgan fingerprint density at radius 2 is 2.15 bits per heavy atom. The summed E-state index contributed by atoms with van der Waals surface area (Å²) in [4.78, 5) is 4.36. The topological polar surface area (TPSA) is 30.7 Å². The Hall–Kier alpha value is -0.860. The van der Waals surface area contributed by atoms with Crippen molar-refractivity contribution in [3.8, 4) is 0 Å². The predicted octanol–water partition coefficient (Wildman–Crippen LogP) is 2.35. The van der Waals surface area contributed by atoms with Crippen LogP contribution in [0.4, 0.5) is 0 Å². The third kappa shape index (κ3) is 1.74. The van der Waals surface area contributed by atoms with Gasteiger partial charge in [0.2, 0.25) is 0 Å². The first kappa shape index (κ1) is 8.73. The zero-order valence-corrected chi connectivity index (χ0v) is 8.24. The van der Waals surface area contributed by atoms with Crippen molar-refractivity contribution in [3.05, 3.63) is 12.2 Å². The summed E-state index contributed by atoms with van der Waals surface area (Å²) in [6, 6.07) is 0. The quantitative estimate of drug-likeness (QED) is 0.697. The van der Waals surface area contributed by atoms with Gasteiger partial charge in [-0.05, 0) is 19.8 Å². The molecule has 72 valence electrons. The van der Waals surface area contributed by atoms with Crippen LogP contribution in [-0.4, -0.2) is 14.8 Å². The number of aromatic nitrogens is 3. The van der Waals surface area contributed by atoms with Gasteiger partial charge in [0.05, 0.1) is 0 Å². The van der Waals surface area contributed by atoms with Crippen LogP contribution < -0.4 is 0 Å². The van der Waals surface area contributed by atoms with E-state index in [1.165, 1.54) is 37.9 Å². The molecule has 3 heteroatoms. The molecule has 3 nitrogen and oxygen atoms in total. The number of hydrogen-bond donors (Lipinski definition) is 0. The summed E-state index contributed by atoms with van der Waals surface area (Å²) in [5, 5.41) is 4.22. The zero-order chi connectivity index (χ0) is 9.10. The lowest BCUT2D eigenvalue weighted by Crippen LogP contribution is -2.12. The molecule has 1 aromatic heterocycles. The molecule has 1 aromatic rings. The van der Waals surface area contributed by atoms with E-state index in [9.17, 15) is 0 Å². The first-order valence-electron chi connectivity index (χ1n) is 5.29. The van der Waals surface area contributed by atoms with Gasteiger partial charge in [0, 0.05) is 12.5 Å². The van der Waals surface area contributed by atoms with Gasteiger partial charge in [-0.3, -0.25) is 4.68 Å². The lowest BCUT2D eigenvalue weighted by molar-refractivity contribution is 0.410. The summed E-state index contributed by atoms with van der Waals surface area (Å²) in [5.74, 6) is 1.89. The first-order chi connectivity index (χ1) is 6.42. The number of nitrogens with zero attached hydrogens (tertiary/aromatic N) is 3. The molecule has 1 heterocycles. The highest BCUT2D eigenvalue weighted by Crippen LogP contribution is 2.30. The van der Waals surface area contributed by atoms with E-state index >= 15 is 0 Å². The van der Waals surface area contributed by atoms with E-state index < -0.39 is 0 Å². The van der Waals surface area contributed by atoms with E-state index in [1.807, 2.05) is 4.68 Å². The third-order valence-corrected chi connectivity index (χ3v) is 2.92. The minimum Gasteiger partial charge on any atom is -0.250 e. The van der Waals surface area contributed by atoms with E-state index in [0.717, 1.165) is 6.54 Å². The van der Waals surface area contributed by atoms with Crippen LogP contribution in [0.5, 0.6) is 0 Å². The molecule has 0 radical (unpaired) electrons. The van der Waals surface area contributed by atoms with Gasteiger partial charge in [-0.1, -0.05) is 19.3 Å². The Morgan fingerprint density at radius 1 is 1.38 bits per heavy atom. The fourth-order valence-corrected chi connectivity index (χ4v) is 2.19. The Balaban J connectivity index is 2.13. The summed E-state index contributed by atoms with van der Waals surface area (Å²) < 4.78 is 2.04. The lowest BCUT2D eigenvalue weighted by Gasteiger charge is -2.20. The van der Waals surface area contributed by atoms with Crippen LogP contribution in [0.25, 0.3) is 0 Å². The van der Waals surface area contributed by atoms with Gasteiger partial charge < -0.3 is 0 Å². The molecule has 0 N–H and O–H groups in total. The van der Waals surface area contributed by atoms with Crippen molar-refractivity contribution in [1.82, 2.24) is 14.8 Å². The van der Waals surface area contributed by atoms with Gasteiger partial charge in [0.1, 0.15) is 12.2 Å². The smallest absolute Gasteiger partial charge is 0.138 e. The van der Waals surface area contributed by atoms with Crippen molar-refractivity contribution in [1.29, 1.82) is 0 Å². The van der Waals surface area contributed by atoms with Crippen molar-refractivity contribution >= 4 is 0 Å². The molecular formula is C10H17N3. The second-order valence-electron chi connectivity index (χ2n) is 3.77. The molecule has 1 aliphatic rings. The molecule has 0 aromatic carbocycles. The molecule has 0 saturated heterocycles. The highest BCUT2D eigenvalue weighted by molar-refractivity contribution is 4.96. The van der Waals surface area contributed by atoms with Crippen molar-refractivity contribution < 1.29 is 0 Å². The summed E-state index contributed by atoms with van der Waals surface area (Å²) >= 11 is 0. The summed E-state index contributed by atoms with van der Waals surface area (Å²) in [6.07, 6.45) is 8.42. The van der Waals surface area contributed by atoms with Crippen LogP contribution in [0.15, 0.2) is 6.33 Å². The highest BCUT2D eigenvalue weighted by atomic mass is 15.3. The Bertz CT molecular complexity index is 261. The molecule has 0 bridgehead atoms. The molecular weight excluding hydrogens is 162 g/mol. The number of hydrogen-bond acceptors (Lipinski definition) is 2. The van der Waals surface area contributed by atoms with Crippen molar-refractivity contribution in [2.24, 2.45) is 0 Å². The minimum atomic E-state index is 0.677. The lowest BCUT2D eigenvalue weighted by atomic mass is 9.89. The highest BCUT2D eigenvalue weighted by Gasteiger charge is 2.19. The maximum atomic E-state index is 4.36. The molecule has 1 saturated carbocycles. The molecule has 0 unspecified atom stereocenters. The average molecular weight is 179 g/mol. The van der Waals surface area contributed by atoms with E-state index in [0.29, 0.717) is 5.92 Å². The number of aryl methyl sites for hydroxylation is 1. The molecule has 2 rings (SSSR count). The van der Waals surface area contributed by atoms with Gasteiger partial charge in [0.15, 0.2) is 0 Å². The standard InChI is InChI=1S/C10H17N3/c1-2-13-10(11-8-12-13)9-6-4-3-5-7-9/h8-9H,2-7H2,1H3. The molecule has 1 aliphatic carbocycles. The maximum Gasteiger partial charge on any atom is 0.138 e. The summed E-state index contributed by atoms with van der Waals surface area (Å²) in [5.41, 5.74) is 0. The Labute approximate surface area is 79.2 Å². The molecule has 0 amide bonds. The second-order valence-corrected chi connectivity index (χ2v) is 3.77. The van der Waals surface area contributed by atoms with Crippen LogP contribution in [0, 0.1) is 0 Å². The molecule has 1 fully saturated rings. The second kappa shape index (κ2) is 3.90. The minimum absolute atomic E-state index is 0.677. The van der Waals surface area contributed by atoms with Gasteiger partial charge in [-0.25, -0.2) is 4.98 Å². The largest absolute Gasteiger partial charge is 0.250 e. The van der Waals surface area contributed by atoms with Gasteiger partial charge in [-0.15, -0.1) is 0 Å². The van der Waals surface area contributed by atoms with Gasteiger partial charge in [-0.2, -0.15) is 5.10 Å². The Morgan fingerprint density at radius 3 is 2.85 bits per heavy atom. The zero-order valence-electron chi connectivity index (χ0n) is 8.24. The van der Waals surface area contributed by atoms with Crippen LogP contribution >= 0.6 is 0 Å². The predicted molar refractivity (Wildman–Crippen MR) is 51.5 cm³/mol. The molecule has 0 atom stereocenters. The van der Waals surface area contributed by atoms with Crippen LogP contribution in [0.1, 0.15) is 50.8 Å². The average Bonchev–Trinajstić information content (AvgIpc) is 2.67. The molecule has 13 heavy (non-hydrogen) atoms. The van der Waals surface area contributed by atoms with Crippen molar-refractivity contribution in [2.45, 2.75) is 51.5 Å². The maximum absolute atomic E-state index is 4.36. The van der Waals surface area contributed by atoms with E-state index in [-0.39, 0.29) is 0 Å². The summed E-state index contributed by atoms with van der Waals surface area (Å²) in [6.45, 7) is 3.08. The monoisotopic (exact) mass is 179 g/mol. The SMILES string of the molecule is CCn1ncnc1C1CCCCC1. The van der Waals surface area contributed by atoms with E-state index in [1.54, 1.807) is 6.33 Å². The van der Waals surface area contributed by atoms with Crippen LogP contribution in [0.3, 0.4) is 0 Å². The fourth-order valence-electron chi connectivity index (χ4n) is 2.19. The summed E-state index contributed by atoms with van der Waals surface area (Å²) in [7, 11) is 0. The van der Waals surface area contributed by atoms with Crippen molar-refractivity contribution in [2.75, 3.05) is 0 Å². The Kier molecular flexibility index (Phi) is 2.62. The first-order valence-corrected chi connectivity index (χ1v) is 5.29. The molecule has 0 aliphatic heterocycles. The van der Waals surface area contributed by atoms with E-state index in [2.05, 4.69) is 17.0 Å².